The lowest BCUT2D eigenvalue weighted by molar-refractivity contribution is 0.583. The zero-order chi connectivity index (χ0) is 13.8. The molecule has 19 heavy (non-hydrogen) atoms. The third kappa shape index (κ3) is 3.52. The smallest absolute Gasteiger partial charge is 0.124 e. The van der Waals surface area contributed by atoms with Crippen LogP contribution in [0.3, 0.4) is 0 Å². The third-order valence-electron chi connectivity index (χ3n) is 3.06. The first kappa shape index (κ1) is 14.0. The highest BCUT2D eigenvalue weighted by atomic mass is 35.5. The molecule has 1 unspecified atom stereocenters. The number of nitrogens with one attached hydrogen (secondary N) is 1. The number of hydrogen-bond acceptors (Lipinski definition) is 1. The summed E-state index contributed by atoms with van der Waals surface area (Å²) in [5.74, 6) is -0.616. The minimum Gasteiger partial charge on any atom is -0.313 e. The molecule has 0 aliphatic heterocycles. The SMILES string of the molecule is CNC(Cc1ccc(F)cc1Cl)c1ccc(F)cc1. The van der Waals surface area contributed by atoms with E-state index >= 15 is 0 Å². The van der Waals surface area contributed by atoms with Gasteiger partial charge in [-0.3, -0.25) is 0 Å². The summed E-state index contributed by atoms with van der Waals surface area (Å²) in [7, 11) is 1.82. The molecule has 1 atom stereocenters. The predicted octanol–water partition coefficient (Wildman–Crippen LogP) is 4.12. The molecular formula is C15H14ClF2N. The van der Waals surface area contributed by atoms with Gasteiger partial charge in [0.05, 0.1) is 0 Å². The van der Waals surface area contributed by atoms with Crippen LogP contribution in [0.4, 0.5) is 8.78 Å². The Morgan fingerprint density at radius 3 is 2.26 bits per heavy atom. The van der Waals surface area contributed by atoms with Crippen LogP contribution in [0.1, 0.15) is 17.2 Å². The molecule has 0 aromatic heterocycles. The largest absolute Gasteiger partial charge is 0.313 e. The summed E-state index contributed by atoms with van der Waals surface area (Å²) in [4.78, 5) is 0. The molecular weight excluding hydrogens is 268 g/mol. The average Bonchev–Trinajstić information content (AvgIpc) is 2.39. The highest BCUT2D eigenvalue weighted by molar-refractivity contribution is 6.31. The summed E-state index contributed by atoms with van der Waals surface area (Å²) in [6.07, 6.45) is 0.612. The lowest BCUT2D eigenvalue weighted by Gasteiger charge is -2.17. The van der Waals surface area contributed by atoms with E-state index in [1.807, 2.05) is 7.05 Å². The minimum absolute atomic E-state index is 0.00330. The Balaban J connectivity index is 2.21. The second-order valence-electron chi connectivity index (χ2n) is 4.33. The first-order valence-electron chi connectivity index (χ1n) is 5.97. The van der Waals surface area contributed by atoms with Gasteiger partial charge in [0, 0.05) is 11.1 Å². The van der Waals surface area contributed by atoms with Gasteiger partial charge in [-0.15, -0.1) is 0 Å². The number of rotatable bonds is 4. The van der Waals surface area contributed by atoms with E-state index < -0.39 is 0 Å². The lowest BCUT2D eigenvalue weighted by atomic mass is 9.99. The van der Waals surface area contributed by atoms with Crippen LogP contribution in [-0.2, 0) is 6.42 Å². The zero-order valence-corrected chi connectivity index (χ0v) is 11.2. The van der Waals surface area contributed by atoms with Crippen LogP contribution < -0.4 is 5.32 Å². The van der Waals surface area contributed by atoms with Crippen LogP contribution in [0, 0.1) is 11.6 Å². The molecule has 0 saturated heterocycles. The second-order valence-corrected chi connectivity index (χ2v) is 4.74. The highest BCUT2D eigenvalue weighted by Gasteiger charge is 2.12. The van der Waals surface area contributed by atoms with Crippen molar-refractivity contribution in [3.63, 3.8) is 0 Å². The van der Waals surface area contributed by atoms with Crippen molar-refractivity contribution in [2.24, 2.45) is 0 Å². The molecule has 2 aromatic carbocycles. The predicted molar refractivity (Wildman–Crippen MR) is 73.3 cm³/mol. The van der Waals surface area contributed by atoms with E-state index in [1.54, 1.807) is 18.2 Å². The highest BCUT2D eigenvalue weighted by Crippen LogP contribution is 2.24. The van der Waals surface area contributed by atoms with Gasteiger partial charge < -0.3 is 5.32 Å². The van der Waals surface area contributed by atoms with Crippen LogP contribution in [-0.4, -0.2) is 7.05 Å². The summed E-state index contributed by atoms with van der Waals surface area (Å²) in [6, 6.07) is 10.7. The van der Waals surface area contributed by atoms with Gasteiger partial charge in [-0.25, -0.2) is 8.78 Å². The first-order valence-corrected chi connectivity index (χ1v) is 6.34. The van der Waals surface area contributed by atoms with Crippen molar-refractivity contribution in [1.82, 2.24) is 5.32 Å². The van der Waals surface area contributed by atoms with E-state index in [2.05, 4.69) is 5.32 Å². The van der Waals surface area contributed by atoms with E-state index in [1.165, 1.54) is 24.3 Å². The molecule has 2 aromatic rings. The van der Waals surface area contributed by atoms with Crippen molar-refractivity contribution in [2.75, 3.05) is 7.05 Å². The Morgan fingerprint density at radius 2 is 1.68 bits per heavy atom. The average molecular weight is 282 g/mol. The van der Waals surface area contributed by atoms with Gasteiger partial charge in [0.2, 0.25) is 0 Å². The number of halogens is 3. The molecule has 100 valence electrons. The molecule has 0 bridgehead atoms. The fourth-order valence-corrected chi connectivity index (χ4v) is 2.23. The van der Waals surface area contributed by atoms with Gasteiger partial charge in [0.15, 0.2) is 0 Å². The fraction of sp³-hybridized carbons (Fsp3) is 0.200. The number of hydrogen-bond donors (Lipinski definition) is 1. The van der Waals surface area contributed by atoms with Crippen molar-refractivity contribution in [2.45, 2.75) is 12.5 Å². The van der Waals surface area contributed by atoms with E-state index in [4.69, 9.17) is 11.6 Å². The molecule has 0 aliphatic carbocycles. The molecule has 0 amide bonds. The Kier molecular flexibility index (Phi) is 4.51. The number of likely N-dealkylation sites (N-methyl/N-ethyl adjacent to an activating group) is 1. The van der Waals surface area contributed by atoms with Crippen LogP contribution in [0.15, 0.2) is 42.5 Å². The second kappa shape index (κ2) is 6.13. The van der Waals surface area contributed by atoms with Gasteiger partial charge in [-0.1, -0.05) is 29.8 Å². The summed E-state index contributed by atoms with van der Waals surface area (Å²) >= 11 is 6.02. The fourth-order valence-electron chi connectivity index (χ4n) is 1.99. The van der Waals surface area contributed by atoms with Gasteiger partial charge >= 0.3 is 0 Å². The molecule has 0 fully saturated rings. The summed E-state index contributed by atoms with van der Waals surface area (Å²) < 4.78 is 25.9. The minimum atomic E-state index is -0.350. The summed E-state index contributed by atoms with van der Waals surface area (Å²) in [5.41, 5.74) is 1.82. The zero-order valence-electron chi connectivity index (χ0n) is 10.5. The van der Waals surface area contributed by atoms with Crippen LogP contribution in [0.5, 0.6) is 0 Å². The van der Waals surface area contributed by atoms with Crippen LogP contribution in [0.25, 0.3) is 0 Å². The van der Waals surface area contributed by atoms with Gasteiger partial charge in [0.1, 0.15) is 11.6 Å². The number of benzene rings is 2. The van der Waals surface area contributed by atoms with Crippen LogP contribution >= 0.6 is 11.6 Å². The van der Waals surface area contributed by atoms with E-state index in [9.17, 15) is 8.78 Å². The summed E-state index contributed by atoms with van der Waals surface area (Å²) in [5, 5.41) is 3.56. The summed E-state index contributed by atoms with van der Waals surface area (Å²) in [6.45, 7) is 0. The lowest BCUT2D eigenvalue weighted by Crippen LogP contribution is -2.19. The molecule has 2 rings (SSSR count). The van der Waals surface area contributed by atoms with Crippen molar-refractivity contribution in [3.8, 4) is 0 Å². The molecule has 0 radical (unpaired) electrons. The molecule has 0 aliphatic rings. The van der Waals surface area contributed by atoms with Crippen molar-refractivity contribution >= 4 is 11.6 Å². The first-order chi connectivity index (χ1) is 9.10. The van der Waals surface area contributed by atoms with E-state index in [0.717, 1.165) is 11.1 Å². The van der Waals surface area contributed by atoms with Crippen LogP contribution in [0.2, 0.25) is 5.02 Å². The molecule has 1 N–H and O–H groups in total. The maximum Gasteiger partial charge on any atom is 0.124 e. The Morgan fingerprint density at radius 1 is 1.05 bits per heavy atom. The molecule has 0 heterocycles. The normalized spacial score (nSPS) is 12.4. The Hall–Kier alpha value is -1.45. The third-order valence-corrected chi connectivity index (χ3v) is 3.41. The Labute approximate surface area is 116 Å². The Bertz CT molecular complexity index is 555. The molecule has 0 spiro atoms. The maximum absolute atomic E-state index is 13.0. The molecule has 0 saturated carbocycles. The van der Waals surface area contributed by atoms with Gasteiger partial charge in [-0.2, -0.15) is 0 Å². The van der Waals surface area contributed by atoms with E-state index in [0.29, 0.717) is 11.4 Å². The molecule has 1 nitrogen and oxygen atoms in total. The maximum atomic E-state index is 13.0. The van der Waals surface area contributed by atoms with Crippen molar-refractivity contribution in [1.29, 1.82) is 0 Å². The van der Waals surface area contributed by atoms with Gasteiger partial charge in [0.25, 0.3) is 0 Å². The molecule has 4 heteroatoms. The quantitative estimate of drug-likeness (QED) is 0.889. The standard InChI is InChI=1S/C15H14ClF2N/c1-19-15(10-2-5-12(17)6-3-10)8-11-4-7-13(18)9-14(11)16/h2-7,9,15,19H,8H2,1H3. The monoisotopic (exact) mass is 281 g/mol. The van der Waals surface area contributed by atoms with E-state index in [-0.39, 0.29) is 17.7 Å². The van der Waals surface area contributed by atoms with Gasteiger partial charge in [-0.05, 0) is 48.9 Å². The topological polar surface area (TPSA) is 12.0 Å². The van der Waals surface area contributed by atoms with Crippen molar-refractivity contribution < 1.29 is 8.78 Å². The van der Waals surface area contributed by atoms with Crippen molar-refractivity contribution in [3.05, 3.63) is 70.2 Å².